The first kappa shape index (κ1) is 24.4. The number of nitrogens with two attached hydrogens (primary N) is 2. The summed E-state index contributed by atoms with van der Waals surface area (Å²) >= 11 is 0. The first-order chi connectivity index (χ1) is 16.9. The number of benzene rings is 3. The van der Waals surface area contributed by atoms with Gasteiger partial charge in [0, 0.05) is 25.3 Å². The monoisotopic (exact) mass is 473 g/mol. The predicted octanol–water partition coefficient (Wildman–Crippen LogP) is 2.79. The van der Waals surface area contributed by atoms with Crippen LogP contribution in [0, 0.1) is 0 Å². The molecule has 1 aliphatic heterocycles. The number of rotatable bonds is 7. The van der Waals surface area contributed by atoms with Crippen LogP contribution in [0.3, 0.4) is 0 Å². The molecule has 1 heterocycles. The van der Waals surface area contributed by atoms with Crippen molar-refractivity contribution in [3.05, 3.63) is 77.4 Å². The SMILES string of the molecule is C[C@@H](NC(=O)c1cc(NC(=O)[C@@H](N)CN)ccc1C(=O)N1CCCC1)c1cccc2ccccc12. The summed E-state index contributed by atoms with van der Waals surface area (Å²) in [5.41, 5.74) is 13.1. The van der Waals surface area contributed by atoms with Crippen LogP contribution >= 0.6 is 0 Å². The van der Waals surface area contributed by atoms with Crippen LogP contribution in [0.1, 0.15) is 52.1 Å². The van der Waals surface area contributed by atoms with Crippen LogP contribution in [-0.2, 0) is 4.79 Å². The molecule has 8 nitrogen and oxygen atoms in total. The number of amides is 3. The molecule has 0 bridgehead atoms. The molecule has 0 aromatic heterocycles. The molecule has 0 aliphatic carbocycles. The number of nitrogens with zero attached hydrogens (tertiary/aromatic N) is 1. The van der Waals surface area contributed by atoms with E-state index in [9.17, 15) is 14.4 Å². The van der Waals surface area contributed by atoms with Gasteiger partial charge in [0.25, 0.3) is 11.8 Å². The number of nitrogens with one attached hydrogen (secondary N) is 2. The maximum Gasteiger partial charge on any atom is 0.254 e. The van der Waals surface area contributed by atoms with Crippen LogP contribution in [0.2, 0.25) is 0 Å². The Morgan fingerprint density at radius 1 is 0.971 bits per heavy atom. The lowest BCUT2D eigenvalue weighted by Crippen LogP contribution is -2.41. The molecule has 35 heavy (non-hydrogen) atoms. The molecular weight excluding hydrogens is 442 g/mol. The lowest BCUT2D eigenvalue weighted by molar-refractivity contribution is -0.117. The number of carbonyl (C=O) groups is 3. The third-order valence-electron chi connectivity index (χ3n) is 6.38. The van der Waals surface area contributed by atoms with Gasteiger partial charge in [0.1, 0.15) is 0 Å². The first-order valence-electron chi connectivity index (χ1n) is 11.9. The molecule has 0 radical (unpaired) electrons. The van der Waals surface area contributed by atoms with Crippen LogP contribution in [0.25, 0.3) is 10.8 Å². The van der Waals surface area contributed by atoms with E-state index >= 15 is 0 Å². The summed E-state index contributed by atoms with van der Waals surface area (Å²) in [5, 5.41) is 7.85. The lowest BCUT2D eigenvalue weighted by atomic mass is 9.98. The Morgan fingerprint density at radius 2 is 1.69 bits per heavy atom. The van der Waals surface area contributed by atoms with Gasteiger partial charge in [0.15, 0.2) is 0 Å². The number of hydrogen-bond donors (Lipinski definition) is 4. The standard InChI is InChI=1S/C27H31N5O3/c1-17(20-10-6-8-18-7-2-3-9-21(18)20)30-25(33)23-15-19(31-26(34)24(29)16-28)11-12-22(23)27(35)32-13-4-5-14-32/h2-3,6-12,15,17,24H,4-5,13-14,16,28-29H2,1H3,(H,30,33)(H,31,34)/t17-,24+/m1/s1. The molecule has 0 saturated carbocycles. The second-order valence-corrected chi connectivity index (χ2v) is 8.85. The minimum atomic E-state index is -0.871. The van der Waals surface area contributed by atoms with E-state index in [1.807, 2.05) is 49.4 Å². The Bertz CT molecular complexity index is 1250. The maximum atomic E-state index is 13.5. The summed E-state index contributed by atoms with van der Waals surface area (Å²) in [6, 6.07) is 17.5. The van der Waals surface area contributed by atoms with Crippen molar-refractivity contribution in [3.8, 4) is 0 Å². The van der Waals surface area contributed by atoms with E-state index in [0.717, 1.165) is 29.2 Å². The zero-order chi connectivity index (χ0) is 24.9. The van der Waals surface area contributed by atoms with Gasteiger partial charge in [0.05, 0.1) is 23.2 Å². The van der Waals surface area contributed by atoms with Gasteiger partial charge in [-0.05, 0) is 54.3 Å². The Balaban J connectivity index is 1.65. The predicted molar refractivity (Wildman–Crippen MR) is 137 cm³/mol. The van der Waals surface area contributed by atoms with Crippen LogP contribution in [0.15, 0.2) is 60.7 Å². The second-order valence-electron chi connectivity index (χ2n) is 8.85. The van der Waals surface area contributed by atoms with Crippen molar-refractivity contribution in [3.63, 3.8) is 0 Å². The van der Waals surface area contributed by atoms with Gasteiger partial charge < -0.3 is 27.0 Å². The van der Waals surface area contributed by atoms with Crippen molar-refractivity contribution in [1.82, 2.24) is 10.2 Å². The highest BCUT2D eigenvalue weighted by molar-refractivity contribution is 6.09. The van der Waals surface area contributed by atoms with Crippen molar-refractivity contribution >= 4 is 34.2 Å². The van der Waals surface area contributed by atoms with Crippen LogP contribution < -0.4 is 22.1 Å². The summed E-state index contributed by atoms with van der Waals surface area (Å²) in [6.07, 6.45) is 1.88. The van der Waals surface area contributed by atoms with Gasteiger partial charge in [-0.3, -0.25) is 14.4 Å². The molecule has 182 valence electrons. The third kappa shape index (κ3) is 5.34. The highest BCUT2D eigenvalue weighted by Gasteiger charge is 2.26. The van der Waals surface area contributed by atoms with Gasteiger partial charge in [-0.15, -0.1) is 0 Å². The molecule has 6 N–H and O–H groups in total. The van der Waals surface area contributed by atoms with E-state index in [-0.39, 0.29) is 24.1 Å². The summed E-state index contributed by atoms with van der Waals surface area (Å²) in [6.45, 7) is 3.23. The average molecular weight is 474 g/mol. The molecular formula is C27H31N5O3. The van der Waals surface area contributed by atoms with E-state index in [0.29, 0.717) is 24.3 Å². The second kappa shape index (κ2) is 10.7. The Hall–Kier alpha value is -3.75. The van der Waals surface area contributed by atoms with Crippen LogP contribution in [0.4, 0.5) is 5.69 Å². The molecule has 0 unspecified atom stereocenters. The number of fused-ring (bicyclic) bond motifs is 1. The normalized spacial score (nSPS) is 15.0. The molecule has 8 heteroatoms. The zero-order valence-electron chi connectivity index (χ0n) is 19.8. The third-order valence-corrected chi connectivity index (χ3v) is 6.38. The molecule has 2 atom stereocenters. The van der Waals surface area contributed by atoms with E-state index in [1.165, 1.54) is 6.07 Å². The van der Waals surface area contributed by atoms with Crippen molar-refractivity contribution in [2.24, 2.45) is 11.5 Å². The molecule has 4 rings (SSSR count). The highest BCUT2D eigenvalue weighted by atomic mass is 16.2. The largest absolute Gasteiger partial charge is 0.345 e. The fourth-order valence-electron chi connectivity index (χ4n) is 4.41. The molecule has 3 aromatic rings. The number of likely N-dealkylation sites (tertiary alicyclic amines) is 1. The van der Waals surface area contributed by atoms with Gasteiger partial charge in [-0.25, -0.2) is 0 Å². The molecule has 1 aliphatic rings. The number of carbonyl (C=O) groups excluding carboxylic acids is 3. The topological polar surface area (TPSA) is 131 Å². The fourth-order valence-corrected chi connectivity index (χ4v) is 4.41. The van der Waals surface area contributed by atoms with Gasteiger partial charge in [-0.1, -0.05) is 42.5 Å². The van der Waals surface area contributed by atoms with Crippen molar-refractivity contribution in [1.29, 1.82) is 0 Å². The summed E-state index contributed by atoms with van der Waals surface area (Å²) in [7, 11) is 0. The minimum Gasteiger partial charge on any atom is -0.345 e. The quantitative estimate of drug-likeness (QED) is 0.419. The van der Waals surface area contributed by atoms with Gasteiger partial charge >= 0.3 is 0 Å². The molecule has 1 fully saturated rings. The fraction of sp³-hybridized carbons (Fsp3) is 0.296. The summed E-state index contributed by atoms with van der Waals surface area (Å²) in [4.78, 5) is 40.7. The molecule has 0 spiro atoms. The molecule has 1 saturated heterocycles. The Kier molecular flexibility index (Phi) is 7.43. The van der Waals surface area contributed by atoms with Crippen molar-refractivity contribution in [2.45, 2.75) is 31.8 Å². The zero-order valence-corrected chi connectivity index (χ0v) is 19.8. The van der Waals surface area contributed by atoms with Crippen molar-refractivity contribution < 1.29 is 14.4 Å². The highest BCUT2D eigenvalue weighted by Crippen LogP contribution is 2.26. The van der Waals surface area contributed by atoms with Crippen molar-refractivity contribution in [2.75, 3.05) is 25.0 Å². The van der Waals surface area contributed by atoms with Gasteiger partial charge in [-0.2, -0.15) is 0 Å². The van der Waals surface area contributed by atoms with E-state index in [4.69, 9.17) is 11.5 Å². The maximum absolute atomic E-state index is 13.5. The molecule has 3 amide bonds. The minimum absolute atomic E-state index is 0.00669. The van der Waals surface area contributed by atoms with E-state index in [2.05, 4.69) is 10.6 Å². The average Bonchev–Trinajstić information content (AvgIpc) is 3.42. The smallest absolute Gasteiger partial charge is 0.254 e. The lowest BCUT2D eigenvalue weighted by Gasteiger charge is -2.21. The first-order valence-corrected chi connectivity index (χ1v) is 11.9. The van der Waals surface area contributed by atoms with E-state index in [1.54, 1.807) is 17.0 Å². The Labute approximate surface area is 204 Å². The Morgan fingerprint density at radius 3 is 2.43 bits per heavy atom. The van der Waals surface area contributed by atoms with E-state index < -0.39 is 17.9 Å². The van der Waals surface area contributed by atoms with Gasteiger partial charge in [0.2, 0.25) is 5.91 Å². The molecule has 3 aromatic carbocycles. The number of hydrogen-bond acceptors (Lipinski definition) is 5. The summed E-state index contributed by atoms with van der Waals surface area (Å²) in [5.74, 6) is -1.05. The number of anilines is 1. The van der Waals surface area contributed by atoms with Crippen LogP contribution in [-0.4, -0.2) is 48.3 Å². The summed E-state index contributed by atoms with van der Waals surface area (Å²) < 4.78 is 0. The van der Waals surface area contributed by atoms with Crippen LogP contribution in [0.5, 0.6) is 0 Å².